The van der Waals surface area contributed by atoms with Crippen LogP contribution in [0.25, 0.3) is 0 Å². The van der Waals surface area contributed by atoms with E-state index in [-0.39, 0.29) is 12.5 Å². The Bertz CT molecular complexity index is 272. The highest BCUT2D eigenvalue weighted by Gasteiger charge is 2.49. The van der Waals surface area contributed by atoms with Crippen LogP contribution in [0.3, 0.4) is 0 Å². The molecule has 1 aliphatic rings. The summed E-state index contributed by atoms with van der Waals surface area (Å²) in [6.45, 7) is 2.43. The molecule has 0 aromatic carbocycles. The Hall–Kier alpha value is -0.780. The van der Waals surface area contributed by atoms with Crippen LogP contribution in [0.15, 0.2) is 0 Å². The third-order valence-electron chi connectivity index (χ3n) is 2.46. The van der Waals surface area contributed by atoms with Gasteiger partial charge in [-0.15, -0.1) is 0 Å². The van der Waals surface area contributed by atoms with Crippen molar-refractivity contribution in [2.75, 3.05) is 13.1 Å². The Labute approximate surface area is 92.8 Å². The smallest absolute Gasteiger partial charge is 0.332 e. The number of halogens is 3. The highest BCUT2D eigenvalue weighted by molar-refractivity contribution is 5.89. The molecule has 1 fully saturated rings. The van der Waals surface area contributed by atoms with E-state index in [1.165, 1.54) is 0 Å². The summed E-state index contributed by atoms with van der Waals surface area (Å²) in [4.78, 5) is 12.6. The predicted molar refractivity (Wildman–Crippen MR) is 53.6 cm³/mol. The van der Waals surface area contributed by atoms with Crippen molar-refractivity contribution in [3.8, 4) is 0 Å². The molecule has 6 heteroatoms. The van der Waals surface area contributed by atoms with E-state index in [0.717, 1.165) is 4.90 Å². The van der Waals surface area contributed by atoms with Crippen molar-refractivity contribution >= 4 is 5.91 Å². The Morgan fingerprint density at radius 1 is 1.44 bits per heavy atom. The lowest BCUT2D eigenvalue weighted by molar-refractivity contribution is -0.163. The molecule has 0 saturated heterocycles. The van der Waals surface area contributed by atoms with E-state index >= 15 is 0 Å². The molecule has 1 saturated carbocycles. The number of amides is 1. The van der Waals surface area contributed by atoms with Gasteiger partial charge in [-0.2, -0.15) is 13.2 Å². The topological polar surface area (TPSA) is 46.3 Å². The molecule has 1 rings (SSSR count). The fourth-order valence-electron chi connectivity index (χ4n) is 1.54. The number of hydrogen-bond donors (Lipinski definition) is 1. The average molecular weight is 238 g/mol. The summed E-state index contributed by atoms with van der Waals surface area (Å²) in [5.74, 6) is -0.577. The third kappa shape index (κ3) is 3.66. The fourth-order valence-corrected chi connectivity index (χ4v) is 1.54. The van der Waals surface area contributed by atoms with E-state index in [4.69, 9.17) is 5.73 Å². The fraction of sp³-hybridized carbons (Fsp3) is 0.900. The quantitative estimate of drug-likeness (QED) is 0.807. The maximum Gasteiger partial charge on any atom is 0.406 e. The molecule has 0 aromatic heterocycles. The van der Waals surface area contributed by atoms with E-state index < -0.39 is 24.2 Å². The monoisotopic (exact) mass is 238 g/mol. The Balaban J connectivity index is 2.67. The zero-order valence-electron chi connectivity index (χ0n) is 9.47. The van der Waals surface area contributed by atoms with Crippen LogP contribution >= 0.6 is 0 Å². The Morgan fingerprint density at radius 2 is 1.94 bits per heavy atom. The summed E-state index contributed by atoms with van der Waals surface area (Å²) >= 11 is 0. The number of nitrogens with zero attached hydrogens (tertiary/aromatic N) is 1. The van der Waals surface area contributed by atoms with Crippen LogP contribution in [-0.4, -0.2) is 35.6 Å². The van der Waals surface area contributed by atoms with Gasteiger partial charge in [-0.05, 0) is 18.8 Å². The molecule has 3 nitrogen and oxygen atoms in total. The molecule has 16 heavy (non-hydrogen) atoms. The van der Waals surface area contributed by atoms with E-state index in [9.17, 15) is 18.0 Å². The first kappa shape index (κ1) is 13.3. The molecule has 0 aliphatic heterocycles. The number of nitrogens with two attached hydrogens (primary N) is 1. The van der Waals surface area contributed by atoms with E-state index in [1.807, 2.05) is 0 Å². The zero-order chi connectivity index (χ0) is 12.6. The van der Waals surface area contributed by atoms with Crippen molar-refractivity contribution in [2.24, 2.45) is 11.7 Å². The van der Waals surface area contributed by atoms with Crippen molar-refractivity contribution < 1.29 is 18.0 Å². The average Bonchev–Trinajstić information content (AvgIpc) is 2.79. The van der Waals surface area contributed by atoms with Gasteiger partial charge in [-0.25, -0.2) is 0 Å². The predicted octanol–water partition coefficient (Wildman–Crippen LogP) is 1.52. The third-order valence-corrected chi connectivity index (χ3v) is 2.46. The van der Waals surface area contributed by atoms with Crippen LogP contribution in [0.2, 0.25) is 0 Å². The maximum absolute atomic E-state index is 12.3. The van der Waals surface area contributed by atoms with Crippen molar-refractivity contribution in [3.05, 3.63) is 0 Å². The summed E-state index contributed by atoms with van der Waals surface area (Å²) in [7, 11) is 0. The van der Waals surface area contributed by atoms with Gasteiger partial charge in [-0.3, -0.25) is 4.79 Å². The van der Waals surface area contributed by atoms with Gasteiger partial charge in [0.05, 0.1) is 5.54 Å². The van der Waals surface area contributed by atoms with Crippen LogP contribution in [0.5, 0.6) is 0 Å². The molecule has 1 amide bonds. The molecule has 0 unspecified atom stereocenters. The van der Waals surface area contributed by atoms with Gasteiger partial charge in [0.1, 0.15) is 6.54 Å². The molecule has 94 valence electrons. The Kier molecular flexibility index (Phi) is 3.52. The molecule has 0 atom stereocenters. The second kappa shape index (κ2) is 4.24. The highest BCUT2D eigenvalue weighted by Crippen LogP contribution is 2.35. The van der Waals surface area contributed by atoms with Gasteiger partial charge in [0.2, 0.25) is 5.91 Å². The number of rotatable bonds is 4. The normalized spacial score (nSPS) is 18.7. The van der Waals surface area contributed by atoms with E-state index in [0.29, 0.717) is 12.8 Å². The van der Waals surface area contributed by atoms with Crippen molar-refractivity contribution in [1.82, 2.24) is 4.90 Å². The van der Waals surface area contributed by atoms with Crippen LogP contribution < -0.4 is 5.73 Å². The highest BCUT2D eigenvalue weighted by atomic mass is 19.4. The second-order valence-corrected chi connectivity index (χ2v) is 4.85. The molecule has 1 aliphatic carbocycles. The lowest BCUT2D eigenvalue weighted by atomic mass is 10.1. The number of alkyl halides is 3. The molecule has 0 radical (unpaired) electrons. The SMILES string of the molecule is CC(C)CN(CC(F)(F)F)C(=O)C1(N)CC1. The number of carbonyl (C=O) groups is 1. The van der Waals surface area contributed by atoms with Gasteiger partial charge in [-0.1, -0.05) is 13.8 Å². The van der Waals surface area contributed by atoms with Crippen LogP contribution in [0.1, 0.15) is 26.7 Å². The van der Waals surface area contributed by atoms with Crippen molar-refractivity contribution in [1.29, 1.82) is 0 Å². The van der Waals surface area contributed by atoms with Gasteiger partial charge >= 0.3 is 6.18 Å². The van der Waals surface area contributed by atoms with Crippen molar-refractivity contribution in [2.45, 2.75) is 38.4 Å². The van der Waals surface area contributed by atoms with Gasteiger partial charge in [0, 0.05) is 6.54 Å². The molecular weight excluding hydrogens is 221 g/mol. The summed E-state index contributed by atoms with van der Waals surface area (Å²) < 4.78 is 36.9. The first-order chi connectivity index (χ1) is 7.14. The largest absolute Gasteiger partial charge is 0.406 e. The summed E-state index contributed by atoms with van der Waals surface area (Å²) in [5.41, 5.74) is 4.60. The number of hydrogen-bond acceptors (Lipinski definition) is 2. The van der Waals surface area contributed by atoms with E-state index in [2.05, 4.69) is 0 Å². The van der Waals surface area contributed by atoms with Crippen molar-refractivity contribution in [3.63, 3.8) is 0 Å². The summed E-state index contributed by atoms with van der Waals surface area (Å²) in [6, 6.07) is 0. The van der Waals surface area contributed by atoms with Crippen LogP contribution in [0.4, 0.5) is 13.2 Å². The standard InChI is InChI=1S/C10H17F3N2O/c1-7(2)5-15(6-10(11,12)13)8(16)9(14)3-4-9/h7H,3-6,14H2,1-2H3. The van der Waals surface area contributed by atoms with Crippen LogP contribution in [0, 0.1) is 5.92 Å². The first-order valence-electron chi connectivity index (χ1n) is 5.29. The molecule has 0 bridgehead atoms. The summed E-state index contributed by atoms with van der Waals surface area (Å²) in [6.07, 6.45) is -3.40. The van der Waals surface area contributed by atoms with Gasteiger partial charge < -0.3 is 10.6 Å². The van der Waals surface area contributed by atoms with E-state index in [1.54, 1.807) is 13.8 Å². The lowest BCUT2D eigenvalue weighted by Gasteiger charge is -2.28. The van der Waals surface area contributed by atoms with Crippen LogP contribution in [-0.2, 0) is 4.79 Å². The molecule has 0 heterocycles. The zero-order valence-corrected chi connectivity index (χ0v) is 9.47. The second-order valence-electron chi connectivity index (χ2n) is 4.85. The minimum absolute atomic E-state index is 0.00588. The van der Waals surface area contributed by atoms with Gasteiger partial charge in [0.15, 0.2) is 0 Å². The summed E-state index contributed by atoms with van der Waals surface area (Å²) in [5, 5.41) is 0. The maximum atomic E-state index is 12.3. The molecule has 0 aromatic rings. The first-order valence-corrected chi connectivity index (χ1v) is 5.29. The minimum atomic E-state index is -4.37. The molecule has 0 spiro atoms. The minimum Gasteiger partial charge on any atom is -0.332 e. The van der Waals surface area contributed by atoms with Gasteiger partial charge in [0.25, 0.3) is 0 Å². The number of carbonyl (C=O) groups excluding carboxylic acids is 1. The lowest BCUT2D eigenvalue weighted by Crippen LogP contribution is -2.50. The Morgan fingerprint density at radius 3 is 2.25 bits per heavy atom. The molecule has 2 N–H and O–H groups in total. The molecular formula is C10H17F3N2O.